The molecule has 2 aromatic carbocycles. The van der Waals surface area contributed by atoms with Crippen LogP contribution in [0.4, 0.5) is 14.6 Å². The number of likely N-dealkylation sites (tertiary alicyclic amines) is 1. The van der Waals surface area contributed by atoms with Crippen LogP contribution in [0.3, 0.4) is 0 Å². The van der Waals surface area contributed by atoms with Gasteiger partial charge in [-0.1, -0.05) is 51.5 Å². The third-order valence-corrected chi connectivity index (χ3v) is 13.5. The van der Waals surface area contributed by atoms with Crippen LogP contribution < -0.4 is 14.4 Å². The number of nitrogens with zero attached hydrogens (tertiary/aromatic N) is 5. The molecule has 2 saturated carbocycles. The van der Waals surface area contributed by atoms with Crippen LogP contribution in [0.2, 0.25) is 0 Å². The van der Waals surface area contributed by atoms with Crippen molar-refractivity contribution in [3.05, 3.63) is 47.5 Å². The summed E-state index contributed by atoms with van der Waals surface area (Å²) in [4.78, 5) is 19.3. The minimum Gasteiger partial charge on any atom is -0.480 e. The van der Waals surface area contributed by atoms with Crippen LogP contribution in [0.1, 0.15) is 97.0 Å². The molecular formula is C44H57F2N5O4. The number of aromatic nitrogens is 3. The van der Waals surface area contributed by atoms with Gasteiger partial charge in [-0.15, -0.1) is 0 Å². The van der Waals surface area contributed by atoms with E-state index in [1.165, 1.54) is 38.9 Å². The molecule has 4 aromatic rings. The SMILES string of the molecule is CC.CCc1c(F)ccc2cccc(-c3nc(OC)c4c(N5CCCC(O)C5)nc(OCC56CCCC5N(C5CC7(CCOCC7)C5)CCC6)nc4c3F)c12. The van der Waals surface area contributed by atoms with E-state index in [1.807, 2.05) is 37.8 Å². The molecule has 296 valence electrons. The van der Waals surface area contributed by atoms with Crippen molar-refractivity contribution in [3.8, 4) is 23.1 Å². The fraction of sp³-hybridized carbons (Fsp3) is 0.614. The number of aliphatic hydroxyl groups is 1. The van der Waals surface area contributed by atoms with Crippen molar-refractivity contribution in [2.75, 3.05) is 51.5 Å². The first kappa shape index (κ1) is 38.2. The highest BCUT2D eigenvalue weighted by atomic mass is 19.1. The molecule has 3 atom stereocenters. The Kier molecular flexibility index (Phi) is 10.9. The number of benzene rings is 2. The van der Waals surface area contributed by atoms with Crippen LogP contribution in [0, 0.1) is 22.5 Å². The van der Waals surface area contributed by atoms with Crippen LogP contribution in [-0.2, 0) is 11.2 Å². The summed E-state index contributed by atoms with van der Waals surface area (Å²) < 4.78 is 50.6. The largest absolute Gasteiger partial charge is 0.480 e. The van der Waals surface area contributed by atoms with Crippen molar-refractivity contribution in [1.29, 1.82) is 0 Å². The zero-order chi connectivity index (χ0) is 38.3. The minimum atomic E-state index is -0.640. The van der Waals surface area contributed by atoms with E-state index in [9.17, 15) is 5.11 Å². The third-order valence-electron chi connectivity index (χ3n) is 13.5. The van der Waals surface area contributed by atoms with Crippen LogP contribution in [-0.4, -0.2) is 89.7 Å². The summed E-state index contributed by atoms with van der Waals surface area (Å²) >= 11 is 0. The summed E-state index contributed by atoms with van der Waals surface area (Å²) in [5.41, 5.74) is 1.51. The Morgan fingerprint density at radius 1 is 0.927 bits per heavy atom. The number of rotatable bonds is 8. The highest BCUT2D eigenvalue weighted by Gasteiger charge is 2.55. The van der Waals surface area contributed by atoms with E-state index in [4.69, 9.17) is 29.2 Å². The predicted molar refractivity (Wildman–Crippen MR) is 212 cm³/mol. The van der Waals surface area contributed by atoms with Gasteiger partial charge in [0.2, 0.25) is 5.88 Å². The van der Waals surface area contributed by atoms with Gasteiger partial charge in [-0.05, 0) is 105 Å². The summed E-state index contributed by atoms with van der Waals surface area (Å²) in [6.07, 6.45) is 11.9. The summed E-state index contributed by atoms with van der Waals surface area (Å²) in [7, 11) is 1.50. The molecule has 5 fully saturated rings. The fourth-order valence-corrected chi connectivity index (χ4v) is 10.8. The zero-order valence-electron chi connectivity index (χ0n) is 33.0. The van der Waals surface area contributed by atoms with E-state index in [1.54, 1.807) is 12.1 Å². The van der Waals surface area contributed by atoms with Crippen molar-refractivity contribution in [2.45, 2.75) is 116 Å². The molecule has 5 heterocycles. The van der Waals surface area contributed by atoms with Gasteiger partial charge in [-0.2, -0.15) is 9.97 Å². The molecule has 1 N–H and O–H groups in total. The number of fused-ring (bicyclic) bond motifs is 3. The molecule has 55 heavy (non-hydrogen) atoms. The van der Waals surface area contributed by atoms with E-state index < -0.39 is 11.9 Å². The number of β-amino-alcohol motifs (C(OH)–C–C–N with tert-alkyl or cyclic N) is 1. The fourth-order valence-electron chi connectivity index (χ4n) is 10.8. The van der Waals surface area contributed by atoms with Gasteiger partial charge in [0, 0.05) is 49.4 Å². The molecule has 1 spiro atoms. The number of aliphatic hydroxyl groups excluding tert-OH is 1. The standard InChI is InChI=1S/C42H51F2N5O4.C2H6/c1-3-29-31(43)13-12-26-8-4-10-30(33(26)29)36-35(44)37-34(39(45-36)51-2)38(48-18-6-9-28(50)24-48)47-40(46-37)53-25-42-14-5-11-32(42)49(19-7-15-42)27-22-41(23-27)16-20-52-21-17-41;1-2/h4,8,10,12-13,27-28,32,50H,3,5-7,9,11,14-25H2,1-2H3;1-2H3. The first-order valence-electron chi connectivity index (χ1n) is 20.9. The van der Waals surface area contributed by atoms with Crippen LogP contribution in [0.25, 0.3) is 32.9 Å². The van der Waals surface area contributed by atoms with Crippen molar-refractivity contribution in [2.24, 2.45) is 10.8 Å². The van der Waals surface area contributed by atoms with Crippen molar-refractivity contribution in [1.82, 2.24) is 19.9 Å². The molecule has 2 aliphatic carbocycles. The first-order valence-corrected chi connectivity index (χ1v) is 20.9. The topological polar surface area (TPSA) is 93.1 Å². The molecule has 9 rings (SSSR count). The second kappa shape index (κ2) is 15.7. The van der Waals surface area contributed by atoms with Gasteiger partial charge in [0.15, 0.2) is 5.82 Å². The summed E-state index contributed by atoms with van der Waals surface area (Å²) in [6.45, 7) is 10.3. The number of methoxy groups -OCH3 is 1. The number of pyridine rings is 1. The van der Waals surface area contributed by atoms with Crippen molar-refractivity contribution >= 4 is 27.5 Å². The number of piperidine rings is 2. The number of halogens is 2. The van der Waals surface area contributed by atoms with Gasteiger partial charge in [-0.3, -0.25) is 4.90 Å². The lowest BCUT2D eigenvalue weighted by atomic mass is 9.60. The van der Waals surface area contributed by atoms with E-state index in [-0.39, 0.29) is 34.3 Å². The molecule has 0 amide bonds. The zero-order valence-corrected chi connectivity index (χ0v) is 33.0. The quantitative estimate of drug-likeness (QED) is 0.190. The lowest BCUT2D eigenvalue weighted by molar-refractivity contribution is -0.112. The first-order chi connectivity index (χ1) is 26.8. The average Bonchev–Trinajstić information content (AvgIpc) is 3.65. The molecule has 3 saturated heterocycles. The van der Waals surface area contributed by atoms with Crippen LogP contribution in [0.15, 0.2) is 30.3 Å². The average molecular weight is 758 g/mol. The van der Waals surface area contributed by atoms with Gasteiger partial charge in [0.25, 0.3) is 0 Å². The highest BCUT2D eigenvalue weighted by molar-refractivity contribution is 6.02. The second-order valence-electron chi connectivity index (χ2n) is 16.4. The normalized spacial score (nSPS) is 25.4. The molecule has 11 heteroatoms. The smallest absolute Gasteiger partial charge is 0.319 e. The van der Waals surface area contributed by atoms with Gasteiger partial charge >= 0.3 is 6.01 Å². The summed E-state index contributed by atoms with van der Waals surface area (Å²) in [6, 6.07) is 9.87. The lowest BCUT2D eigenvalue weighted by Crippen LogP contribution is -2.61. The number of hydrogen-bond acceptors (Lipinski definition) is 9. The molecule has 0 radical (unpaired) electrons. The van der Waals surface area contributed by atoms with Crippen molar-refractivity contribution < 1.29 is 28.1 Å². The highest BCUT2D eigenvalue weighted by Crippen LogP contribution is 2.56. The Bertz CT molecular complexity index is 2020. The Morgan fingerprint density at radius 2 is 1.73 bits per heavy atom. The molecule has 0 bridgehead atoms. The molecule has 9 nitrogen and oxygen atoms in total. The Balaban J connectivity index is 0.00000210. The monoisotopic (exact) mass is 757 g/mol. The number of anilines is 1. The van der Waals surface area contributed by atoms with Gasteiger partial charge in [-0.25, -0.2) is 13.8 Å². The Hall–Kier alpha value is -3.67. The van der Waals surface area contributed by atoms with E-state index in [0.29, 0.717) is 77.8 Å². The Morgan fingerprint density at radius 3 is 2.49 bits per heavy atom. The molecule has 3 aliphatic heterocycles. The second-order valence-corrected chi connectivity index (χ2v) is 16.4. The Labute approximate surface area is 323 Å². The maximum absolute atomic E-state index is 17.2. The van der Waals surface area contributed by atoms with Crippen LogP contribution >= 0.6 is 0 Å². The number of ether oxygens (including phenoxy) is 3. The predicted octanol–water partition coefficient (Wildman–Crippen LogP) is 8.65. The number of hydrogen-bond donors (Lipinski definition) is 1. The molecule has 3 unspecified atom stereocenters. The third kappa shape index (κ3) is 6.82. The summed E-state index contributed by atoms with van der Waals surface area (Å²) in [5, 5.41) is 12.5. The van der Waals surface area contributed by atoms with Crippen molar-refractivity contribution in [3.63, 3.8) is 0 Å². The maximum Gasteiger partial charge on any atom is 0.319 e. The lowest BCUT2D eigenvalue weighted by Gasteiger charge is -2.58. The molecule has 2 aromatic heterocycles. The van der Waals surface area contributed by atoms with Gasteiger partial charge in [0.05, 0.1) is 19.8 Å². The summed E-state index contributed by atoms with van der Waals surface area (Å²) in [5.74, 6) is -0.363. The molecular weight excluding hydrogens is 701 g/mol. The van der Waals surface area contributed by atoms with Gasteiger partial charge < -0.3 is 24.2 Å². The number of aryl methyl sites for hydroxylation is 1. The molecule has 5 aliphatic rings. The van der Waals surface area contributed by atoms with Gasteiger partial charge in [0.1, 0.15) is 28.2 Å². The van der Waals surface area contributed by atoms with E-state index in [0.717, 1.165) is 63.7 Å². The van der Waals surface area contributed by atoms with E-state index in [2.05, 4.69) is 4.90 Å². The van der Waals surface area contributed by atoms with Crippen LogP contribution in [0.5, 0.6) is 11.9 Å². The maximum atomic E-state index is 17.2. The minimum absolute atomic E-state index is 0.0142. The van der Waals surface area contributed by atoms with E-state index >= 15 is 8.78 Å².